The van der Waals surface area contributed by atoms with Crippen LogP contribution in [0.4, 0.5) is 5.69 Å². The lowest BCUT2D eigenvalue weighted by atomic mass is 9.89. The fraction of sp³-hybridized carbons (Fsp3) is 0.800. The normalized spacial score (nSPS) is 11.3. The lowest BCUT2D eigenvalue weighted by Crippen LogP contribution is -2.06. The summed E-state index contributed by atoms with van der Waals surface area (Å²) in [5, 5.41) is 0. The number of aryl methyl sites for hydroxylation is 1. The molecule has 1 rings (SSSR count). The maximum absolute atomic E-state index is 6.53. The van der Waals surface area contributed by atoms with Gasteiger partial charge in [-0.2, -0.15) is 0 Å². The molecule has 0 saturated carbocycles. The number of hydrogen-bond acceptors (Lipinski definition) is 1. The number of anilines is 1. The van der Waals surface area contributed by atoms with E-state index in [1.165, 1.54) is 140 Å². The van der Waals surface area contributed by atoms with Crippen molar-refractivity contribution in [1.29, 1.82) is 0 Å². The molecule has 0 aliphatic carbocycles. The number of nitrogens with two attached hydrogens (primary N) is 1. The van der Waals surface area contributed by atoms with Crippen molar-refractivity contribution in [2.24, 2.45) is 0 Å². The van der Waals surface area contributed by atoms with E-state index in [4.69, 9.17) is 5.73 Å². The van der Waals surface area contributed by atoms with E-state index in [2.05, 4.69) is 32.9 Å². The molecule has 180 valence electrons. The second-order valence-electron chi connectivity index (χ2n) is 9.82. The third-order valence-corrected chi connectivity index (χ3v) is 6.92. The molecular formula is C30H55N. The number of unbranched alkanes of at least 4 members (excludes halogenated alkanes) is 15. The van der Waals surface area contributed by atoms with Crippen LogP contribution in [0, 0.1) is 0 Å². The standard InChI is InChI=1S/C30H55N/c1-4-7-10-13-16-19-22-27-25-26-30(31)29(24-21-18-15-12-9-6-3)28(27)23-20-17-14-11-8-5-2/h25-26H,4-24,31H2,1-3H3. The molecule has 0 amide bonds. The van der Waals surface area contributed by atoms with Crippen LogP contribution in [0.3, 0.4) is 0 Å². The fourth-order valence-corrected chi connectivity index (χ4v) is 4.86. The summed E-state index contributed by atoms with van der Waals surface area (Å²) in [4.78, 5) is 0. The van der Waals surface area contributed by atoms with Crippen LogP contribution in [0.1, 0.15) is 153 Å². The van der Waals surface area contributed by atoms with Gasteiger partial charge in [0.15, 0.2) is 0 Å². The maximum Gasteiger partial charge on any atom is 0.0349 e. The lowest BCUT2D eigenvalue weighted by molar-refractivity contribution is 0.593. The van der Waals surface area contributed by atoms with E-state index in [0.717, 1.165) is 5.69 Å². The Morgan fingerprint density at radius 1 is 0.452 bits per heavy atom. The summed E-state index contributed by atoms with van der Waals surface area (Å²) in [5.74, 6) is 0. The smallest absolute Gasteiger partial charge is 0.0349 e. The summed E-state index contributed by atoms with van der Waals surface area (Å²) >= 11 is 0. The van der Waals surface area contributed by atoms with Crippen LogP contribution in [0.5, 0.6) is 0 Å². The molecule has 0 radical (unpaired) electrons. The molecule has 0 aliphatic rings. The molecule has 1 aromatic carbocycles. The Balaban J connectivity index is 2.67. The van der Waals surface area contributed by atoms with E-state index >= 15 is 0 Å². The minimum Gasteiger partial charge on any atom is -0.398 e. The average Bonchev–Trinajstić information content (AvgIpc) is 2.77. The third-order valence-electron chi connectivity index (χ3n) is 6.92. The first-order valence-corrected chi connectivity index (χ1v) is 14.1. The molecule has 0 aliphatic heterocycles. The molecular weight excluding hydrogens is 374 g/mol. The Morgan fingerprint density at radius 2 is 0.839 bits per heavy atom. The molecule has 1 heteroatoms. The summed E-state index contributed by atoms with van der Waals surface area (Å²) in [6, 6.07) is 4.57. The topological polar surface area (TPSA) is 26.0 Å². The van der Waals surface area contributed by atoms with Crippen molar-refractivity contribution in [2.45, 2.75) is 156 Å². The first-order chi connectivity index (χ1) is 15.2. The Hall–Kier alpha value is -0.980. The summed E-state index contributed by atoms with van der Waals surface area (Å²) in [6.45, 7) is 6.90. The van der Waals surface area contributed by atoms with Gasteiger partial charge < -0.3 is 5.73 Å². The van der Waals surface area contributed by atoms with Crippen LogP contribution in [-0.2, 0) is 19.3 Å². The molecule has 0 atom stereocenters. The van der Waals surface area contributed by atoms with E-state index in [1.54, 1.807) is 11.1 Å². The van der Waals surface area contributed by atoms with Gasteiger partial charge in [0.1, 0.15) is 0 Å². The molecule has 0 unspecified atom stereocenters. The number of nitrogen functional groups attached to an aromatic ring is 1. The maximum atomic E-state index is 6.53. The van der Waals surface area contributed by atoms with Crippen molar-refractivity contribution in [2.75, 3.05) is 5.73 Å². The van der Waals surface area contributed by atoms with Gasteiger partial charge in [0.05, 0.1) is 0 Å². The van der Waals surface area contributed by atoms with Crippen LogP contribution in [-0.4, -0.2) is 0 Å². The van der Waals surface area contributed by atoms with Crippen LogP contribution in [0.15, 0.2) is 12.1 Å². The van der Waals surface area contributed by atoms with Gasteiger partial charge in [-0.15, -0.1) is 0 Å². The number of rotatable bonds is 21. The summed E-state index contributed by atoms with van der Waals surface area (Å²) in [7, 11) is 0. The van der Waals surface area contributed by atoms with Crippen molar-refractivity contribution in [3.8, 4) is 0 Å². The number of hydrogen-bond donors (Lipinski definition) is 1. The number of benzene rings is 1. The first kappa shape index (κ1) is 28.1. The van der Waals surface area contributed by atoms with Crippen molar-refractivity contribution in [3.05, 3.63) is 28.8 Å². The van der Waals surface area contributed by atoms with Crippen molar-refractivity contribution in [3.63, 3.8) is 0 Å². The SMILES string of the molecule is CCCCCCCCc1ccc(N)c(CCCCCCCC)c1CCCCCCCC. The van der Waals surface area contributed by atoms with Crippen LogP contribution < -0.4 is 5.73 Å². The Kier molecular flexibility index (Phi) is 17.8. The molecule has 0 spiro atoms. The Labute approximate surface area is 196 Å². The molecule has 0 saturated heterocycles. The largest absolute Gasteiger partial charge is 0.398 e. The highest BCUT2D eigenvalue weighted by Crippen LogP contribution is 2.27. The van der Waals surface area contributed by atoms with Crippen LogP contribution in [0.2, 0.25) is 0 Å². The van der Waals surface area contributed by atoms with E-state index in [1.807, 2.05) is 0 Å². The summed E-state index contributed by atoms with van der Waals surface area (Å²) in [6.07, 6.45) is 28.4. The highest BCUT2D eigenvalue weighted by atomic mass is 14.6. The fourth-order valence-electron chi connectivity index (χ4n) is 4.86. The van der Waals surface area contributed by atoms with Crippen LogP contribution in [0.25, 0.3) is 0 Å². The monoisotopic (exact) mass is 429 g/mol. The molecule has 1 nitrogen and oxygen atoms in total. The predicted octanol–water partition coefficient (Wildman–Crippen LogP) is 9.98. The van der Waals surface area contributed by atoms with Gasteiger partial charge in [-0.25, -0.2) is 0 Å². The van der Waals surface area contributed by atoms with Crippen LogP contribution >= 0.6 is 0 Å². The molecule has 0 bridgehead atoms. The van der Waals surface area contributed by atoms with Crippen molar-refractivity contribution in [1.82, 2.24) is 0 Å². The molecule has 2 N–H and O–H groups in total. The van der Waals surface area contributed by atoms with Gasteiger partial charge in [-0.05, 0) is 61.3 Å². The zero-order chi connectivity index (χ0) is 22.6. The van der Waals surface area contributed by atoms with Crippen molar-refractivity contribution >= 4 is 5.69 Å². The van der Waals surface area contributed by atoms with E-state index in [9.17, 15) is 0 Å². The molecule has 0 aromatic heterocycles. The average molecular weight is 430 g/mol. The molecule has 0 heterocycles. The zero-order valence-corrected chi connectivity index (χ0v) is 21.6. The molecule has 31 heavy (non-hydrogen) atoms. The predicted molar refractivity (Wildman–Crippen MR) is 142 cm³/mol. The van der Waals surface area contributed by atoms with Gasteiger partial charge in [-0.1, -0.05) is 123 Å². The minimum absolute atomic E-state index is 1.06. The summed E-state index contributed by atoms with van der Waals surface area (Å²) in [5.41, 5.74) is 12.3. The van der Waals surface area contributed by atoms with Gasteiger partial charge >= 0.3 is 0 Å². The van der Waals surface area contributed by atoms with Gasteiger partial charge in [-0.3, -0.25) is 0 Å². The quantitative estimate of drug-likeness (QED) is 0.153. The molecule has 0 fully saturated rings. The lowest BCUT2D eigenvalue weighted by Gasteiger charge is -2.18. The highest BCUT2D eigenvalue weighted by molar-refractivity contribution is 5.54. The van der Waals surface area contributed by atoms with Gasteiger partial charge in [0.25, 0.3) is 0 Å². The van der Waals surface area contributed by atoms with E-state index < -0.39 is 0 Å². The zero-order valence-electron chi connectivity index (χ0n) is 21.6. The highest BCUT2D eigenvalue weighted by Gasteiger charge is 2.12. The van der Waals surface area contributed by atoms with E-state index in [0.29, 0.717) is 0 Å². The van der Waals surface area contributed by atoms with Gasteiger partial charge in [0.2, 0.25) is 0 Å². The second-order valence-corrected chi connectivity index (χ2v) is 9.82. The Morgan fingerprint density at radius 3 is 1.32 bits per heavy atom. The Bertz CT molecular complexity index is 533. The second kappa shape index (κ2) is 19.7. The minimum atomic E-state index is 1.06. The van der Waals surface area contributed by atoms with Crippen molar-refractivity contribution < 1.29 is 0 Å². The third kappa shape index (κ3) is 13.2. The molecule has 1 aromatic rings. The van der Waals surface area contributed by atoms with E-state index in [-0.39, 0.29) is 0 Å². The first-order valence-electron chi connectivity index (χ1n) is 14.1. The van der Waals surface area contributed by atoms with Gasteiger partial charge in [0, 0.05) is 5.69 Å². The summed E-state index contributed by atoms with van der Waals surface area (Å²) < 4.78 is 0.